The van der Waals surface area contributed by atoms with Crippen molar-refractivity contribution in [3.8, 4) is 0 Å². The number of fused-ring (bicyclic) bond motifs is 1. The zero-order chi connectivity index (χ0) is 10.2. The first-order valence-corrected chi connectivity index (χ1v) is 4.03. The van der Waals surface area contributed by atoms with E-state index in [1.165, 1.54) is 6.07 Å². The van der Waals surface area contributed by atoms with Gasteiger partial charge in [0.05, 0.1) is 6.34 Å². The lowest BCUT2D eigenvalue weighted by molar-refractivity contribution is -0.148. The largest absolute Gasteiger partial charge is 0.415 e. The molecule has 0 saturated carbocycles. The van der Waals surface area contributed by atoms with Gasteiger partial charge in [0.25, 0.3) is 0 Å². The summed E-state index contributed by atoms with van der Waals surface area (Å²) in [5.41, 5.74) is 0.632. The van der Waals surface area contributed by atoms with Crippen LogP contribution in [-0.2, 0) is 0 Å². The molecular formula is C9H7F3N2. The van der Waals surface area contributed by atoms with E-state index in [-0.39, 0.29) is 5.56 Å². The fourth-order valence-corrected chi connectivity index (χ4v) is 1.39. The van der Waals surface area contributed by atoms with Gasteiger partial charge in [-0.2, -0.15) is 13.2 Å². The number of alkyl halides is 3. The highest BCUT2D eigenvalue weighted by Crippen LogP contribution is 2.40. The summed E-state index contributed by atoms with van der Waals surface area (Å²) >= 11 is 0. The molecule has 0 aliphatic carbocycles. The van der Waals surface area contributed by atoms with Crippen LogP contribution in [-0.4, -0.2) is 12.5 Å². The Morgan fingerprint density at radius 1 is 1.21 bits per heavy atom. The van der Waals surface area contributed by atoms with Crippen LogP contribution in [0.4, 0.5) is 18.9 Å². The third kappa shape index (κ3) is 1.45. The van der Waals surface area contributed by atoms with Crippen LogP contribution in [0.15, 0.2) is 29.3 Å². The van der Waals surface area contributed by atoms with Crippen molar-refractivity contribution in [2.75, 3.05) is 5.32 Å². The number of aliphatic imine (C=N–C) groups is 1. The van der Waals surface area contributed by atoms with E-state index in [4.69, 9.17) is 0 Å². The predicted octanol–water partition coefficient (Wildman–Crippen LogP) is 2.74. The van der Waals surface area contributed by atoms with Gasteiger partial charge in [0, 0.05) is 11.3 Å². The highest BCUT2D eigenvalue weighted by Gasteiger charge is 2.42. The van der Waals surface area contributed by atoms with Gasteiger partial charge in [-0.15, -0.1) is 0 Å². The van der Waals surface area contributed by atoms with E-state index in [9.17, 15) is 13.2 Å². The molecule has 1 atom stereocenters. The quantitative estimate of drug-likeness (QED) is 0.684. The summed E-state index contributed by atoms with van der Waals surface area (Å²) in [6.45, 7) is 0. The molecule has 1 unspecified atom stereocenters. The van der Waals surface area contributed by atoms with E-state index < -0.39 is 12.2 Å². The van der Waals surface area contributed by atoms with Gasteiger partial charge in [-0.05, 0) is 6.07 Å². The molecular weight excluding hydrogens is 193 g/mol. The van der Waals surface area contributed by atoms with Crippen LogP contribution in [0, 0.1) is 0 Å². The van der Waals surface area contributed by atoms with Crippen molar-refractivity contribution in [3.63, 3.8) is 0 Å². The number of nitrogens with one attached hydrogen (secondary N) is 1. The number of halogens is 3. The third-order valence-electron chi connectivity index (χ3n) is 2.01. The molecule has 0 fully saturated rings. The lowest BCUT2D eigenvalue weighted by atomic mass is 10.0. The lowest BCUT2D eigenvalue weighted by Crippen LogP contribution is -2.23. The van der Waals surface area contributed by atoms with E-state index in [2.05, 4.69) is 10.3 Å². The molecule has 1 aromatic carbocycles. The minimum Gasteiger partial charge on any atom is -0.346 e. The van der Waals surface area contributed by atoms with E-state index in [0.29, 0.717) is 5.69 Å². The molecule has 0 bridgehead atoms. The molecule has 2 nitrogen and oxygen atoms in total. The average Bonchev–Trinajstić information content (AvgIpc) is 2.15. The van der Waals surface area contributed by atoms with Crippen LogP contribution in [0.2, 0.25) is 0 Å². The van der Waals surface area contributed by atoms with E-state index in [0.717, 1.165) is 6.34 Å². The Balaban J connectivity index is 2.46. The monoisotopic (exact) mass is 200 g/mol. The second kappa shape index (κ2) is 3.01. The first-order valence-electron chi connectivity index (χ1n) is 4.03. The fourth-order valence-electron chi connectivity index (χ4n) is 1.39. The van der Waals surface area contributed by atoms with Crippen molar-refractivity contribution in [1.29, 1.82) is 0 Å². The number of benzene rings is 1. The van der Waals surface area contributed by atoms with Crippen LogP contribution >= 0.6 is 0 Å². The second-order valence-corrected chi connectivity index (χ2v) is 2.95. The van der Waals surface area contributed by atoms with Gasteiger partial charge in [0.2, 0.25) is 0 Å². The predicted molar refractivity (Wildman–Crippen MR) is 47.4 cm³/mol. The Morgan fingerprint density at radius 3 is 2.64 bits per heavy atom. The van der Waals surface area contributed by atoms with Gasteiger partial charge in [-0.25, -0.2) is 0 Å². The zero-order valence-electron chi connectivity index (χ0n) is 7.05. The maximum absolute atomic E-state index is 12.5. The molecule has 0 radical (unpaired) electrons. The molecule has 1 heterocycles. The molecule has 1 N–H and O–H groups in total. The standard InChI is InChI=1S/C9H7F3N2/c10-9(11,12)8-6-3-1-2-4-7(6)13-5-14-8/h1-5,8H,(H,13,14). The van der Waals surface area contributed by atoms with Crippen molar-refractivity contribution < 1.29 is 13.2 Å². The molecule has 0 saturated heterocycles. The van der Waals surface area contributed by atoms with Gasteiger partial charge in [-0.3, -0.25) is 4.99 Å². The number of para-hydroxylation sites is 1. The highest BCUT2D eigenvalue weighted by atomic mass is 19.4. The number of rotatable bonds is 0. The summed E-state index contributed by atoms with van der Waals surface area (Å²) in [7, 11) is 0. The summed E-state index contributed by atoms with van der Waals surface area (Å²) in [5, 5.41) is 2.67. The summed E-state index contributed by atoms with van der Waals surface area (Å²) < 4.78 is 37.4. The van der Waals surface area contributed by atoms with Crippen LogP contribution in [0.25, 0.3) is 0 Å². The number of nitrogens with zero attached hydrogens (tertiary/aromatic N) is 1. The normalized spacial score (nSPS) is 20.1. The fraction of sp³-hybridized carbons (Fsp3) is 0.222. The summed E-state index contributed by atoms with van der Waals surface area (Å²) in [5.74, 6) is 0. The molecule has 1 aromatic rings. The van der Waals surface area contributed by atoms with Gasteiger partial charge < -0.3 is 5.32 Å². The zero-order valence-corrected chi connectivity index (χ0v) is 7.05. The SMILES string of the molecule is FC(F)(F)C1N=CNc2ccccc21. The molecule has 74 valence electrons. The lowest BCUT2D eigenvalue weighted by Gasteiger charge is -2.22. The number of hydrogen-bond donors (Lipinski definition) is 1. The number of anilines is 1. The Labute approximate surface area is 78.5 Å². The van der Waals surface area contributed by atoms with Crippen LogP contribution in [0.5, 0.6) is 0 Å². The van der Waals surface area contributed by atoms with E-state index >= 15 is 0 Å². The summed E-state index contributed by atoms with van der Waals surface area (Å²) in [6, 6.07) is 4.54. The Morgan fingerprint density at radius 2 is 1.93 bits per heavy atom. The smallest absolute Gasteiger partial charge is 0.346 e. The Kier molecular flexibility index (Phi) is 1.94. The number of hydrogen-bond acceptors (Lipinski definition) is 2. The van der Waals surface area contributed by atoms with Crippen LogP contribution < -0.4 is 5.32 Å². The second-order valence-electron chi connectivity index (χ2n) is 2.95. The molecule has 0 spiro atoms. The van der Waals surface area contributed by atoms with Crippen molar-refractivity contribution in [2.24, 2.45) is 4.99 Å². The van der Waals surface area contributed by atoms with Crippen LogP contribution in [0.1, 0.15) is 11.6 Å². The van der Waals surface area contributed by atoms with Crippen molar-refractivity contribution in [2.45, 2.75) is 12.2 Å². The van der Waals surface area contributed by atoms with Gasteiger partial charge >= 0.3 is 6.18 Å². The van der Waals surface area contributed by atoms with E-state index in [1.54, 1.807) is 18.2 Å². The van der Waals surface area contributed by atoms with Gasteiger partial charge in [-0.1, -0.05) is 18.2 Å². The van der Waals surface area contributed by atoms with E-state index in [1.807, 2.05) is 0 Å². The Bertz CT molecular complexity index is 371. The molecule has 2 rings (SSSR count). The maximum atomic E-state index is 12.5. The van der Waals surface area contributed by atoms with Crippen molar-refractivity contribution in [3.05, 3.63) is 29.8 Å². The summed E-state index contributed by atoms with van der Waals surface area (Å²) in [4.78, 5) is 3.38. The summed E-state index contributed by atoms with van der Waals surface area (Å²) in [6.07, 6.45) is -3.24. The van der Waals surface area contributed by atoms with Gasteiger partial charge in [0.1, 0.15) is 0 Å². The minimum absolute atomic E-state index is 0.169. The molecule has 5 heteroatoms. The molecule has 1 aliphatic rings. The first-order chi connectivity index (χ1) is 6.59. The maximum Gasteiger partial charge on any atom is 0.415 e. The van der Waals surface area contributed by atoms with Crippen molar-refractivity contribution in [1.82, 2.24) is 0 Å². The topological polar surface area (TPSA) is 24.4 Å². The third-order valence-corrected chi connectivity index (χ3v) is 2.01. The molecule has 1 aliphatic heterocycles. The minimum atomic E-state index is -4.32. The molecule has 0 aromatic heterocycles. The first kappa shape index (κ1) is 9.05. The molecule has 0 amide bonds. The molecule has 14 heavy (non-hydrogen) atoms. The van der Waals surface area contributed by atoms with Crippen LogP contribution in [0.3, 0.4) is 0 Å². The Hall–Kier alpha value is -1.52. The van der Waals surface area contributed by atoms with Crippen molar-refractivity contribution >= 4 is 12.0 Å². The highest BCUT2D eigenvalue weighted by molar-refractivity contribution is 5.80. The average molecular weight is 200 g/mol. The van der Waals surface area contributed by atoms with Gasteiger partial charge in [0.15, 0.2) is 6.04 Å².